The molecule has 0 amide bonds. The lowest BCUT2D eigenvalue weighted by Crippen LogP contribution is -2.03. The fourth-order valence-corrected chi connectivity index (χ4v) is 2.56. The van der Waals surface area contributed by atoms with Crippen molar-refractivity contribution in [2.24, 2.45) is 0 Å². The predicted molar refractivity (Wildman–Crippen MR) is 82.8 cm³/mol. The Labute approximate surface area is 127 Å². The maximum atomic E-state index is 6.17. The zero-order valence-corrected chi connectivity index (χ0v) is 13.0. The molecule has 1 aromatic heterocycles. The molecule has 100 valence electrons. The van der Waals surface area contributed by atoms with Gasteiger partial charge in [0.1, 0.15) is 10.5 Å². The minimum absolute atomic E-state index is 0.366. The topological polar surface area (TPSA) is 28.7 Å². The molecule has 1 aromatic carbocycles. The largest absolute Gasteiger partial charge is 0.347 e. The monoisotopic (exact) mass is 312 g/mol. The molecule has 0 bridgehead atoms. The standard InChI is InChI=1S/C14H14Cl2N2S/c1-8(2)12-7-14(19)18-13(17-12)6-9-10(15)4-3-5-11(9)16/h3-5,7-8H,6H2,1-2H3,(H,17,18,19). The fraction of sp³-hybridized carbons (Fsp3) is 0.286. The number of hydrogen-bond donors (Lipinski definition) is 1. The summed E-state index contributed by atoms with van der Waals surface area (Å²) in [6.07, 6.45) is 0.544. The van der Waals surface area contributed by atoms with Crippen LogP contribution in [0.4, 0.5) is 0 Å². The number of aromatic amines is 1. The van der Waals surface area contributed by atoms with Gasteiger partial charge >= 0.3 is 0 Å². The van der Waals surface area contributed by atoms with Crippen molar-refractivity contribution in [3.8, 4) is 0 Å². The number of rotatable bonds is 3. The second kappa shape index (κ2) is 6.04. The molecular weight excluding hydrogens is 299 g/mol. The van der Waals surface area contributed by atoms with Crippen LogP contribution in [0.2, 0.25) is 10.0 Å². The highest BCUT2D eigenvalue weighted by molar-refractivity contribution is 7.71. The second-order valence-corrected chi connectivity index (χ2v) is 5.89. The van der Waals surface area contributed by atoms with E-state index in [1.807, 2.05) is 24.3 Å². The second-order valence-electron chi connectivity index (χ2n) is 4.65. The van der Waals surface area contributed by atoms with E-state index < -0.39 is 0 Å². The molecule has 0 spiro atoms. The molecule has 0 radical (unpaired) electrons. The number of halogens is 2. The summed E-state index contributed by atoms with van der Waals surface area (Å²) in [6.45, 7) is 4.21. The van der Waals surface area contributed by atoms with Crippen molar-refractivity contribution >= 4 is 35.4 Å². The number of aromatic nitrogens is 2. The van der Waals surface area contributed by atoms with Crippen molar-refractivity contribution in [1.29, 1.82) is 0 Å². The van der Waals surface area contributed by atoms with E-state index in [-0.39, 0.29) is 0 Å². The van der Waals surface area contributed by atoms with Crippen molar-refractivity contribution < 1.29 is 0 Å². The Bertz CT molecular complexity index is 630. The molecule has 0 aliphatic carbocycles. The lowest BCUT2D eigenvalue weighted by atomic mass is 10.1. The first-order valence-corrected chi connectivity index (χ1v) is 7.17. The lowest BCUT2D eigenvalue weighted by Gasteiger charge is -2.10. The van der Waals surface area contributed by atoms with Crippen molar-refractivity contribution in [3.05, 3.63) is 56.0 Å². The molecule has 2 aromatic rings. The molecular formula is C14H14Cl2N2S. The molecule has 2 nitrogen and oxygen atoms in total. The Morgan fingerprint density at radius 2 is 1.89 bits per heavy atom. The van der Waals surface area contributed by atoms with E-state index in [0.717, 1.165) is 17.1 Å². The smallest absolute Gasteiger partial charge is 0.130 e. The van der Waals surface area contributed by atoms with Crippen LogP contribution in [0.5, 0.6) is 0 Å². The van der Waals surface area contributed by atoms with Gasteiger partial charge in [-0.05, 0) is 29.7 Å². The quantitative estimate of drug-likeness (QED) is 0.793. The van der Waals surface area contributed by atoms with E-state index >= 15 is 0 Å². The Hall–Kier alpha value is -0.900. The number of hydrogen-bond acceptors (Lipinski definition) is 2. The molecule has 5 heteroatoms. The van der Waals surface area contributed by atoms with Gasteiger partial charge < -0.3 is 4.98 Å². The van der Waals surface area contributed by atoms with Crippen LogP contribution in [0.1, 0.15) is 36.8 Å². The summed E-state index contributed by atoms with van der Waals surface area (Å²) < 4.78 is 0.584. The summed E-state index contributed by atoms with van der Waals surface area (Å²) >= 11 is 17.5. The minimum Gasteiger partial charge on any atom is -0.347 e. The van der Waals surface area contributed by atoms with Gasteiger partial charge in [0, 0.05) is 22.2 Å². The highest BCUT2D eigenvalue weighted by Crippen LogP contribution is 2.26. The summed E-state index contributed by atoms with van der Waals surface area (Å²) in [6, 6.07) is 7.36. The molecule has 2 rings (SSSR count). The van der Waals surface area contributed by atoms with Crippen LogP contribution in [0.25, 0.3) is 0 Å². The van der Waals surface area contributed by atoms with Crippen molar-refractivity contribution in [1.82, 2.24) is 9.97 Å². The van der Waals surface area contributed by atoms with Crippen LogP contribution in [0.3, 0.4) is 0 Å². The summed E-state index contributed by atoms with van der Waals surface area (Å²) in [5, 5.41) is 1.28. The predicted octanol–water partition coefficient (Wildman–Crippen LogP) is 5.16. The van der Waals surface area contributed by atoms with Gasteiger partial charge in [-0.3, -0.25) is 0 Å². The van der Waals surface area contributed by atoms with E-state index in [0.29, 0.717) is 27.0 Å². The zero-order valence-electron chi connectivity index (χ0n) is 10.7. The Balaban J connectivity index is 2.41. The molecule has 19 heavy (non-hydrogen) atoms. The van der Waals surface area contributed by atoms with Gasteiger partial charge in [0.05, 0.1) is 0 Å². The summed E-state index contributed by atoms with van der Waals surface area (Å²) in [5.74, 6) is 1.15. The van der Waals surface area contributed by atoms with Gasteiger partial charge in [-0.2, -0.15) is 0 Å². The number of nitrogens with one attached hydrogen (secondary N) is 1. The SMILES string of the molecule is CC(C)c1cc(=S)nc(Cc2c(Cl)cccc2Cl)[nH]1. The average molecular weight is 313 g/mol. The van der Waals surface area contributed by atoms with Gasteiger partial charge in [0.25, 0.3) is 0 Å². The first-order valence-electron chi connectivity index (χ1n) is 6.00. The van der Waals surface area contributed by atoms with Crippen molar-refractivity contribution in [2.75, 3.05) is 0 Å². The number of benzene rings is 1. The van der Waals surface area contributed by atoms with E-state index in [1.165, 1.54) is 0 Å². The summed E-state index contributed by atoms with van der Waals surface area (Å²) in [7, 11) is 0. The number of H-pyrrole nitrogens is 1. The first kappa shape index (κ1) is 14.5. The Kier molecular flexibility index (Phi) is 4.61. The Morgan fingerprint density at radius 3 is 2.47 bits per heavy atom. The summed E-state index contributed by atoms with van der Waals surface area (Å²) in [4.78, 5) is 7.63. The number of nitrogens with zero attached hydrogens (tertiary/aromatic N) is 1. The average Bonchev–Trinajstić information content (AvgIpc) is 2.33. The molecule has 0 saturated carbocycles. The van der Waals surface area contributed by atoms with Crippen LogP contribution in [0.15, 0.2) is 24.3 Å². The minimum atomic E-state index is 0.366. The van der Waals surface area contributed by atoms with Crippen LogP contribution in [0, 0.1) is 4.64 Å². The molecule has 0 saturated heterocycles. The van der Waals surface area contributed by atoms with Crippen molar-refractivity contribution in [3.63, 3.8) is 0 Å². The van der Waals surface area contributed by atoms with Crippen molar-refractivity contribution in [2.45, 2.75) is 26.2 Å². The highest BCUT2D eigenvalue weighted by Gasteiger charge is 2.09. The van der Waals surface area contributed by atoms with Gasteiger partial charge in [0.2, 0.25) is 0 Å². The van der Waals surface area contributed by atoms with Crippen LogP contribution in [-0.4, -0.2) is 9.97 Å². The lowest BCUT2D eigenvalue weighted by molar-refractivity contribution is 0.789. The Morgan fingerprint density at radius 1 is 1.26 bits per heavy atom. The third-order valence-electron chi connectivity index (χ3n) is 2.84. The molecule has 0 aliphatic rings. The first-order chi connectivity index (χ1) is 8.97. The van der Waals surface area contributed by atoms with E-state index in [2.05, 4.69) is 23.8 Å². The zero-order chi connectivity index (χ0) is 14.0. The van der Waals surface area contributed by atoms with Gasteiger partial charge in [-0.1, -0.05) is 55.3 Å². The maximum absolute atomic E-state index is 6.17. The van der Waals surface area contributed by atoms with Gasteiger partial charge in [0.15, 0.2) is 0 Å². The molecule has 1 heterocycles. The maximum Gasteiger partial charge on any atom is 0.130 e. The highest BCUT2D eigenvalue weighted by atomic mass is 35.5. The molecule has 1 N–H and O–H groups in total. The van der Waals surface area contributed by atoms with E-state index in [4.69, 9.17) is 35.4 Å². The molecule has 0 unspecified atom stereocenters. The summed E-state index contributed by atoms with van der Waals surface area (Å²) in [5.41, 5.74) is 1.93. The van der Waals surface area contributed by atoms with Crippen LogP contribution >= 0.6 is 35.4 Å². The van der Waals surface area contributed by atoms with E-state index in [9.17, 15) is 0 Å². The fourth-order valence-electron chi connectivity index (χ4n) is 1.79. The molecule has 0 fully saturated rings. The third kappa shape index (κ3) is 3.56. The van der Waals surface area contributed by atoms with Crippen LogP contribution < -0.4 is 0 Å². The normalized spacial score (nSPS) is 11.0. The van der Waals surface area contributed by atoms with Gasteiger partial charge in [-0.25, -0.2) is 4.98 Å². The molecule has 0 aliphatic heterocycles. The van der Waals surface area contributed by atoms with Gasteiger partial charge in [-0.15, -0.1) is 0 Å². The van der Waals surface area contributed by atoms with E-state index in [1.54, 1.807) is 0 Å². The molecule has 0 atom stereocenters. The van der Waals surface area contributed by atoms with Crippen LogP contribution in [-0.2, 0) is 6.42 Å². The third-order valence-corrected chi connectivity index (χ3v) is 3.76.